The molecule has 2 saturated heterocycles. The molecule has 3 N–H and O–H groups in total. The van der Waals surface area contributed by atoms with Gasteiger partial charge >= 0.3 is 5.97 Å². The first-order chi connectivity index (χ1) is 10.9. The zero-order chi connectivity index (χ0) is 16.6. The lowest BCUT2D eigenvalue weighted by Crippen LogP contribution is -2.52. The fraction of sp³-hybridized carbons (Fsp3) is 0.500. The normalized spacial score (nSPS) is 32.0. The second-order valence-corrected chi connectivity index (χ2v) is 6.26. The molecule has 2 aliphatic heterocycles. The number of guanidine groups is 1. The highest BCUT2D eigenvalue weighted by molar-refractivity contribution is 6.12. The summed E-state index contributed by atoms with van der Waals surface area (Å²) in [6, 6.07) is 8.79. The number of carbonyl (C=O) groups is 1. The van der Waals surface area contributed by atoms with Crippen LogP contribution < -0.4 is 5.73 Å². The monoisotopic (exact) mass is 313 g/mol. The van der Waals surface area contributed by atoms with Gasteiger partial charge in [0.2, 0.25) is 0 Å². The van der Waals surface area contributed by atoms with Crippen molar-refractivity contribution < 1.29 is 14.3 Å². The quantitative estimate of drug-likeness (QED) is 0.368. The van der Waals surface area contributed by atoms with Crippen LogP contribution in [0.1, 0.15) is 18.9 Å². The van der Waals surface area contributed by atoms with Crippen LogP contribution in [-0.4, -0.2) is 48.9 Å². The molecule has 0 amide bonds. The van der Waals surface area contributed by atoms with Gasteiger partial charge in [-0.3, -0.25) is 10.2 Å². The van der Waals surface area contributed by atoms with E-state index in [1.165, 1.54) is 0 Å². The number of nitrogens with one attached hydrogen (secondary N) is 1. The maximum absolute atomic E-state index is 12.2. The Morgan fingerprint density at radius 2 is 2.22 bits per heavy atom. The third-order valence-electron chi connectivity index (χ3n) is 4.84. The number of nitrogens with two attached hydrogens (primary N) is 1. The smallest absolute Gasteiger partial charge is 0.309 e. The van der Waals surface area contributed by atoms with Gasteiger partial charge in [0.05, 0.1) is 19.0 Å². The number of rotatable bonds is 4. The van der Waals surface area contributed by atoms with E-state index in [1.807, 2.05) is 37.3 Å². The average molecular weight is 313 g/mol. The van der Waals surface area contributed by atoms with Gasteiger partial charge in [0.25, 0.3) is 0 Å². The molecule has 7 heteroatoms. The van der Waals surface area contributed by atoms with Crippen molar-refractivity contribution in [2.45, 2.75) is 37.6 Å². The number of carbonyl (C=O) groups excluding carboxylic acids is 1. The number of nitrogens with zero attached hydrogens (tertiary/aromatic N) is 1. The second kappa shape index (κ2) is 5.89. The maximum Gasteiger partial charge on any atom is 0.309 e. The topological polar surface area (TPSA) is 88.6 Å². The first-order valence-electron chi connectivity index (χ1n) is 7.66. The molecule has 2 heterocycles. The van der Waals surface area contributed by atoms with Crippen molar-refractivity contribution in [2.75, 3.05) is 6.54 Å². The Hall–Kier alpha value is -2.02. The van der Waals surface area contributed by atoms with Crippen molar-refractivity contribution in [3.8, 4) is 0 Å². The molecule has 2 fully saturated rings. The van der Waals surface area contributed by atoms with Gasteiger partial charge in [-0.25, -0.2) is 0 Å². The van der Waals surface area contributed by atoms with E-state index < -0.39 is 11.6 Å². The molecule has 0 aliphatic carbocycles. The van der Waals surface area contributed by atoms with E-state index in [1.54, 1.807) is 4.90 Å². The van der Waals surface area contributed by atoms with Crippen LogP contribution in [0.4, 0.5) is 0 Å². The lowest BCUT2D eigenvalue weighted by atomic mass is 9.83. The van der Waals surface area contributed by atoms with Crippen LogP contribution in [0.15, 0.2) is 30.3 Å². The van der Waals surface area contributed by atoms with Crippen molar-refractivity contribution in [3.63, 3.8) is 0 Å². The lowest BCUT2D eigenvalue weighted by molar-refractivity contribution is -0.154. The van der Waals surface area contributed by atoms with E-state index >= 15 is 0 Å². The highest BCUT2D eigenvalue weighted by Crippen LogP contribution is 2.47. The Balaban J connectivity index is 1.64. The molecule has 0 aromatic heterocycles. The second-order valence-electron chi connectivity index (χ2n) is 6.26. The molecule has 23 heavy (non-hydrogen) atoms. The standard InChI is InChI=1S/C16H20BN3O3/c1-10-13-14(17)23-16(10,9-20(13)15(18)19)7-12(21)22-8-11-5-3-2-4-6-11/h2-6,10,13-14H,7-9H2,1H3,(H3,18,19)/t10?,13-,14+,16-/m0/s1. The van der Waals surface area contributed by atoms with Crippen LogP contribution in [0.5, 0.6) is 0 Å². The number of esters is 1. The molecule has 0 spiro atoms. The fourth-order valence-electron chi connectivity index (χ4n) is 3.60. The molecule has 1 aromatic carbocycles. The van der Waals surface area contributed by atoms with E-state index in [0.717, 1.165) is 5.56 Å². The molecule has 2 aliphatic rings. The summed E-state index contributed by atoms with van der Waals surface area (Å²) in [6.07, 6.45) is 0.106. The molecule has 2 bridgehead atoms. The minimum Gasteiger partial charge on any atom is -0.461 e. The summed E-state index contributed by atoms with van der Waals surface area (Å²) in [4.78, 5) is 13.9. The Morgan fingerprint density at radius 1 is 1.52 bits per heavy atom. The minimum atomic E-state index is -0.733. The van der Waals surface area contributed by atoms with Gasteiger partial charge in [-0.1, -0.05) is 37.3 Å². The molecule has 3 rings (SSSR count). The maximum atomic E-state index is 12.2. The molecule has 120 valence electrons. The summed E-state index contributed by atoms with van der Waals surface area (Å²) in [7, 11) is 6.00. The average Bonchev–Trinajstić information content (AvgIpc) is 2.92. The third-order valence-corrected chi connectivity index (χ3v) is 4.84. The summed E-state index contributed by atoms with van der Waals surface area (Å²) in [5.74, 6) is -0.371. The van der Waals surface area contributed by atoms with Crippen molar-refractivity contribution in [1.82, 2.24) is 4.90 Å². The minimum absolute atomic E-state index is 0.00525. The van der Waals surface area contributed by atoms with Gasteiger partial charge in [0.1, 0.15) is 20.1 Å². The van der Waals surface area contributed by atoms with Gasteiger partial charge in [0.15, 0.2) is 5.96 Å². The van der Waals surface area contributed by atoms with Crippen molar-refractivity contribution >= 4 is 19.8 Å². The van der Waals surface area contributed by atoms with Crippen molar-refractivity contribution in [2.24, 2.45) is 11.7 Å². The summed E-state index contributed by atoms with van der Waals surface area (Å²) in [6.45, 7) is 2.60. The summed E-state index contributed by atoms with van der Waals surface area (Å²) >= 11 is 0. The number of likely N-dealkylation sites (tertiary alicyclic amines) is 1. The number of fused-ring (bicyclic) bond motifs is 2. The number of morpholine rings is 1. The number of benzene rings is 1. The Bertz CT molecular complexity index is 612. The zero-order valence-corrected chi connectivity index (χ0v) is 13.1. The first kappa shape index (κ1) is 15.9. The van der Waals surface area contributed by atoms with E-state index in [4.69, 9.17) is 28.5 Å². The van der Waals surface area contributed by atoms with Gasteiger partial charge in [-0.05, 0) is 5.56 Å². The molecular formula is C16H20BN3O3. The predicted octanol–water partition coefficient (Wildman–Crippen LogP) is 0.597. The van der Waals surface area contributed by atoms with Crippen LogP contribution in [0, 0.1) is 11.3 Å². The molecule has 4 atom stereocenters. The highest BCUT2D eigenvalue weighted by atomic mass is 16.5. The summed E-state index contributed by atoms with van der Waals surface area (Å²) in [5.41, 5.74) is 5.82. The molecule has 6 nitrogen and oxygen atoms in total. The lowest BCUT2D eigenvalue weighted by Gasteiger charge is -2.36. The number of hydrogen-bond donors (Lipinski definition) is 2. The third kappa shape index (κ3) is 2.81. The SMILES string of the molecule is [B][C@@H]1O[C@@]2(CC(=O)OCc3ccccc3)CN(C(=N)N)[C@H]1C2C. The molecular weight excluding hydrogens is 293 g/mol. The highest BCUT2D eigenvalue weighted by Gasteiger charge is 2.61. The van der Waals surface area contributed by atoms with Gasteiger partial charge in [-0.15, -0.1) is 0 Å². The number of ether oxygens (including phenoxy) is 2. The Kier molecular flexibility index (Phi) is 4.06. The van der Waals surface area contributed by atoms with Gasteiger partial charge < -0.3 is 20.1 Å². The van der Waals surface area contributed by atoms with E-state index in [9.17, 15) is 4.79 Å². The summed E-state index contributed by atoms with van der Waals surface area (Å²) < 4.78 is 11.2. The van der Waals surface area contributed by atoms with E-state index in [2.05, 4.69) is 0 Å². The van der Waals surface area contributed by atoms with Crippen LogP contribution in [-0.2, 0) is 20.9 Å². The predicted molar refractivity (Wildman–Crippen MR) is 85.8 cm³/mol. The Labute approximate surface area is 136 Å². The fourth-order valence-corrected chi connectivity index (χ4v) is 3.60. The largest absolute Gasteiger partial charge is 0.461 e. The van der Waals surface area contributed by atoms with E-state index in [-0.39, 0.29) is 36.9 Å². The Morgan fingerprint density at radius 3 is 2.83 bits per heavy atom. The number of hydrogen-bond acceptors (Lipinski definition) is 4. The van der Waals surface area contributed by atoms with Crippen LogP contribution in [0.25, 0.3) is 0 Å². The van der Waals surface area contributed by atoms with Crippen LogP contribution in [0.3, 0.4) is 0 Å². The van der Waals surface area contributed by atoms with Crippen LogP contribution in [0.2, 0.25) is 0 Å². The molecule has 1 unspecified atom stereocenters. The van der Waals surface area contributed by atoms with Gasteiger partial charge in [0, 0.05) is 11.9 Å². The van der Waals surface area contributed by atoms with Crippen LogP contribution >= 0.6 is 0 Å². The van der Waals surface area contributed by atoms with Gasteiger partial charge in [-0.2, -0.15) is 0 Å². The molecule has 1 aromatic rings. The molecule has 0 saturated carbocycles. The summed E-state index contributed by atoms with van der Waals surface area (Å²) in [5, 5.41) is 7.66. The zero-order valence-electron chi connectivity index (χ0n) is 13.1. The van der Waals surface area contributed by atoms with E-state index in [0.29, 0.717) is 6.54 Å². The first-order valence-corrected chi connectivity index (χ1v) is 7.66. The van der Waals surface area contributed by atoms with Crippen molar-refractivity contribution in [3.05, 3.63) is 35.9 Å². The van der Waals surface area contributed by atoms with Crippen molar-refractivity contribution in [1.29, 1.82) is 5.41 Å². The molecule has 2 radical (unpaired) electrons.